The number of esters is 3. The zero-order valence-electron chi connectivity index (χ0n) is 12.3. The number of hydrogen-bond donors (Lipinski definition) is 0. The number of epoxide rings is 3. The Bertz CT molecular complexity index is 593. The minimum Gasteiger partial charge on any atom is -0.424 e. The first-order valence-electron chi connectivity index (χ1n) is 7.23. The van der Waals surface area contributed by atoms with E-state index < -0.39 is 36.2 Å². The minimum absolute atomic E-state index is 0.0667. The van der Waals surface area contributed by atoms with Gasteiger partial charge in [0.1, 0.15) is 17.2 Å². The van der Waals surface area contributed by atoms with E-state index in [2.05, 4.69) is 0 Å². The molecule has 3 fully saturated rings. The molecule has 126 valence electrons. The second-order valence-corrected chi connectivity index (χ2v) is 5.37. The molecule has 0 aromatic heterocycles. The molecule has 0 amide bonds. The van der Waals surface area contributed by atoms with Gasteiger partial charge in [0, 0.05) is 18.2 Å². The van der Waals surface area contributed by atoms with Crippen molar-refractivity contribution in [3.63, 3.8) is 0 Å². The van der Waals surface area contributed by atoms with Crippen LogP contribution in [0.5, 0.6) is 17.2 Å². The van der Waals surface area contributed by atoms with Crippen LogP contribution in [0.3, 0.4) is 0 Å². The number of benzene rings is 1. The molecule has 9 heteroatoms. The molecule has 3 saturated heterocycles. The van der Waals surface area contributed by atoms with Crippen molar-refractivity contribution < 1.29 is 42.8 Å². The quantitative estimate of drug-likeness (QED) is 0.388. The Morgan fingerprint density at radius 2 is 0.917 bits per heavy atom. The van der Waals surface area contributed by atoms with Crippen LogP contribution >= 0.6 is 0 Å². The lowest BCUT2D eigenvalue weighted by molar-refractivity contribution is -0.136. The summed E-state index contributed by atoms with van der Waals surface area (Å²) >= 11 is 0. The van der Waals surface area contributed by atoms with Gasteiger partial charge in [-0.1, -0.05) is 0 Å². The summed E-state index contributed by atoms with van der Waals surface area (Å²) in [5.74, 6) is -1.53. The second kappa shape index (κ2) is 5.86. The maximum Gasteiger partial charge on any atom is 0.343 e. The van der Waals surface area contributed by atoms with Crippen LogP contribution in [0.1, 0.15) is 0 Å². The molecule has 4 rings (SSSR count). The Kier molecular flexibility index (Phi) is 3.68. The molecule has 0 bridgehead atoms. The molecular formula is C15H12O9. The molecule has 24 heavy (non-hydrogen) atoms. The zero-order valence-corrected chi connectivity index (χ0v) is 12.3. The Hall–Kier alpha value is -2.49. The van der Waals surface area contributed by atoms with Crippen LogP contribution < -0.4 is 14.2 Å². The normalized spacial score (nSPS) is 26.2. The van der Waals surface area contributed by atoms with Gasteiger partial charge >= 0.3 is 17.9 Å². The molecule has 0 spiro atoms. The highest BCUT2D eigenvalue weighted by Gasteiger charge is 2.36. The number of hydrogen-bond acceptors (Lipinski definition) is 9. The average molecular weight is 336 g/mol. The summed E-state index contributed by atoms with van der Waals surface area (Å²) in [5, 5.41) is 0. The van der Waals surface area contributed by atoms with Crippen molar-refractivity contribution >= 4 is 17.9 Å². The summed E-state index contributed by atoms with van der Waals surface area (Å²) < 4.78 is 29.9. The number of carbonyl (C=O) groups is 3. The molecule has 0 saturated carbocycles. The first-order valence-corrected chi connectivity index (χ1v) is 7.23. The van der Waals surface area contributed by atoms with E-state index in [9.17, 15) is 14.4 Å². The van der Waals surface area contributed by atoms with E-state index in [1.165, 1.54) is 18.2 Å². The topological polar surface area (TPSA) is 116 Å². The second-order valence-electron chi connectivity index (χ2n) is 5.37. The highest BCUT2D eigenvalue weighted by Crippen LogP contribution is 2.30. The van der Waals surface area contributed by atoms with Crippen LogP contribution in [-0.4, -0.2) is 56.0 Å². The smallest absolute Gasteiger partial charge is 0.343 e. The average Bonchev–Trinajstić information content (AvgIpc) is 3.42. The first kappa shape index (κ1) is 15.1. The molecule has 3 unspecified atom stereocenters. The fourth-order valence-electron chi connectivity index (χ4n) is 1.82. The van der Waals surface area contributed by atoms with Gasteiger partial charge in [0.15, 0.2) is 18.3 Å². The summed E-state index contributed by atoms with van der Waals surface area (Å²) in [6.07, 6.45) is -1.79. The summed E-state index contributed by atoms with van der Waals surface area (Å²) in [5.41, 5.74) is 0. The van der Waals surface area contributed by atoms with Gasteiger partial charge in [0.05, 0.1) is 19.8 Å². The van der Waals surface area contributed by atoms with Crippen LogP contribution in [-0.2, 0) is 28.6 Å². The molecule has 0 aliphatic carbocycles. The monoisotopic (exact) mass is 336 g/mol. The molecule has 3 heterocycles. The molecule has 1 aromatic carbocycles. The Morgan fingerprint density at radius 3 is 1.12 bits per heavy atom. The predicted molar refractivity (Wildman–Crippen MR) is 72.6 cm³/mol. The largest absolute Gasteiger partial charge is 0.424 e. The van der Waals surface area contributed by atoms with Crippen molar-refractivity contribution in [3.8, 4) is 17.2 Å². The van der Waals surface area contributed by atoms with Crippen LogP contribution in [0.25, 0.3) is 0 Å². The summed E-state index contributed by atoms with van der Waals surface area (Å²) in [7, 11) is 0. The van der Waals surface area contributed by atoms with E-state index in [4.69, 9.17) is 28.4 Å². The molecule has 3 aliphatic heterocycles. The van der Waals surface area contributed by atoms with Crippen LogP contribution in [0.15, 0.2) is 18.2 Å². The van der Waals surface area contributed by atoms with Crippen molar-refractivity contribution in [3.05, 3.63) is 18.2 Å². The van der Waals surface area contributed by atoms with Crippen LogP contribution in [0.2, 0.25) is 0 Å². The lowest BCUT2D eigenvalue weighted by Crippen LogP contribution is -2.18. The molecule has 0 N–H and O–H groups in total. The fourth-order valence-corrected chi connectivity index (χ4v) is 1.82. The van der Waals surface area contributed by atoms with Gasteiger partial charge in [0.25, 0.3) is 0 Å². The molecule has 3 aliphatic rings. The van der Waals surface area contributed by atoms with E-state index in [0.717, 1.165) is 0 Å². The summed E-state index contributed by atoms with van der Waals surface area (Å²) in [6.45, 7) is 0.897. The number of carbonyl (C=O) groups excluding carboxylic acids is 3. The van der Waals surface area contributed by atoms with Crippen LogP contribution in [0, 0.1) is 0 Å². The summed E-state index contributed by atoms with van der Waals surface area (Å²) in [6, 6.07) is 4.02. The molecule has 3 atom stereocenters. The molecule has 9 nitrogen and oxygen atoms in total. The fraction of sp³-hybridized carbons (Fsp3) is 0.400. The Balaban J connectivity index is 1.52. The van der Waals surface area contributed by atoms with Gasteiger partial charge in [-0.2, -0.15) is 0 Å². The Labute approximate surface area is 135 Å². The zero-order chi connectivity index (χ0) is 16.7. The van der Waals surface area contributed by atoms with Crippen molar-refractivity contribution in [2.75, 3.05) is 19.8 Å². The van der Waals surface area contributed by atoms with E-state index in [1.807, 2.05) is 0 Å². The van der Waals surface area contributed by atoms with E-state index in [1.54, 1.807) is 0 Å². The van der Waals surface area contributed by atoms with Gasteiger partial charge < -0.3 is 28.4 Å². The molecular weight excluding hydrogens is 324 g/mol. The van der Waals surface area contributed by atoms with Crippen molar-refractivity contribution in [1.29, 1.82) is 0 Å². The van der Waals surface area contributed by atoms with Crippen molar-refractivity contribution in [2.24, 2.45) is 0 Å². The third-order valence-corrected chi connectivity index (χ3v) is 3.30. The predicted octanol–water partition coefficient (Wildman–Crippen LogP) is -0.401. The summed E-state index contributed by atoms with van der Waals surface area (Å²) in [4.78, 5) is 35.0. The Morgan fingerprint density at radius 1 is 0.667 bits per heavy atom. The highest BCUT2D eigenvalue weighted by molar-refractivity contribution is 5.82. The standard InChI is InChI=1S/C15H12O9/c16-13(10-4-19-10)22-7-1-8(23-14(17)11-5-20-11)3-9(2-7)24-15(18)12-6-21-12/h1-3,10-12H,4-6H2. The first-order chi connectivity index (χ1) is 11.6. The van der Waals surface area contributed by atoms with Crippen molar-refractivity contribution in [2.45, 2.75) is 18.3 Å². The minimum atomic E-state index is -0.595. The maximum absolute atomic E-state index is 11.7. The van der Waals surface area contributed by atoms with Gasteiger partial charge in [-0.3, -0.25) is 0 Å². The van der Waals surface area contributed by atoms with Gasteiger partial charge in [-0.15, -0.1) is 0 Å². The van der Waals surface area contributed by atoms with E-state index in [0.29, 0.717) is 19.8 Å². The molecule has 1 aromatic rings. The number of ether oxygens (including phenoxy) is 6. The lowest BCUT2D eigenvalue weighted by atomic mass is 10.3. The van der Waals surface area contributed by atoms with Crippen LogP contribution in [0.4, 0.5) is 0 Å². The molecule has 0 radical (unpaired) electrons. The van der Waals surface area contributed by atoms with Crippen molar-refractivity contribution in [1.82, 2.24) is 0 Å². The van der Waals surface area contributed by atoms with Gasteiger partial charge in [-0.25, -0.2) is 14.4 Å². The number of rotatable bonds is 6. The maximum atomic E-state index is 11.7. The van der Waals surface area contributed by atoms with Gasteiger partial charge in [0.2, 0.25) is 0 Å². The third kappa shape index (κ3) is 3.70. The van der Waals surface area contributed by atoms with E-state index in [-0.39, 0.29) is 17.2 Å². The van der Waals surface area contributed by atoms with E-state index >= 15 is 0 Å². The highest BCUT2D eigenvalue weighted by atomic mass is 16.6. The third-order valence-electron chi connectivity index (χ3n) is 3.30. The van der Waals surface area contributed by atoms with Gasteiger partial charge in [-0.05, 0) is 0 Å². The lowest BCUT2D eigenvalue weighted by Gasteiger charge is -2.10. The SMILES string of the molecule is O=C(Oc1cc(OC(=O)C2CO2)cc(OC(=O)C2CO2)c1)C1CO1.